The molecular weight excluding hydrogens is 449 g/mol. The van der Waals surface area contributed by atoms with E-state index >= 15 is 0 Å². The van der Waals surface area contributed by atoms with Crippen molar-refractivity contribution in [1.29, 1.82) is 0 Å². The summed E-state index contributed by atoms with van der Waals surface area (Å²) in [4.78, 5) is 19.2. The standard InChI is InChI=1S/C19H23F3N6O3S/c1-18(2,10-25-32(3,30)31)9-24-16-13(19(20,21)22)8-23-17(28-16)26-12-4-5-14-11(6-12)7-15(29)27-14/h4-6,8,25H,7,9-10H2,1-3H3,(H,27,29)(H2,23,24,26,28). The fourth-order valence-corrected chi connectivity index (χ4v) is 3.59. The molecule has 0 saturated carbocycles. The third-order valence-corrected chi connectivity index (χ3v) is 5.30. The van der Waals surface area contributed by atoms with Crippen molar-refractivity contribution in [1.82, 2.24) is 14.7 Å². The largest absolute Gasteiger partial charge is 0.421 e. The molecule has 0 unspecified atom stereocenters. The zero-order valence-electron chi connectivity index (χ0n) is 17.6. The molecule has 0 atom stereocenters. The van der Waals surface area contributed by atoms with Crippen LogP contribution in [0.1, 0.15) is 25.0 Å². The SMILES string of the molecule is CC(C)(CNc1nc(Nc2ccc3c(c2)CC(=O)N3)ncc1C(F)(F)F)CNS(C)(=O)=O. The fraction of sp³-hybridized carbons (Fsp3) is 0.421. The molecule has 0 spiro atoms. The lowest BCUT2D eigenvalue weighted by atomic mass is 9.94. The molecule has 32 heavy (non-hydrogen) atoms. The number of hydrogen-bond acceptors (Lipinski definition) is 7. The van der Waals surface area contributed by atoms with Gasteiger partial charge in [-0.1, -0.05) is 13.8 Å². The van der Waals surface area contributed by atoms with Crippen molar-refractivity contribution in [2.45, 2.75) is 26.4 Å². The van der Waals surface area contributed by atoms with E-state index in [0.717, 1.165) is 11.8 Å². The number of benzene rings is 1. The van der Waals surface area contributed by atoms with E-state index in [0.29, 0.717) is 17.6 Å². The Hall–Kier alpha value is -2.93. The van der Waals surface area contributed by atoms with Gasteiger partial charge in [-0.15, -0.1) is 0 Å². The minimum Gasteiger partial charge on any atom is -0.369 e. The number of nitrogens with one attached hydrogen (secondary N) is 4. The Balaban J connectivity index is 1.79. The van der Waals surface area contributed by atoms with Gasteiger partial charge < -0.3 is 16.0 Å². The van der Waals surface area contributed by atoms with E-state index in [2.05, 4.69) is 30.6 Å². The van der Waals surface area contributed by atoms with Gasteiger partial charge in [-0.2, -0.15) is 18.2 Å². The van der Waals surface area contributed by atoms with Crippen LogP contribution in [0.3, 0.4) is 0 Å². The summed E-state index contributed by atoms with van der Waals surface area (Å²) in [6, 6.07) is 5.03. The minimum absolute atomic E-state index is 0.0156. The second-order valence-electron chi connectivity index (χ2n) is 8.29. The molecule has 2 aromatic rings. The van der Waals surface area contributed by atoms with E-state index in [4.69, 9.17) is 0 Å². The minimum atomic E-state index is -4.68. The molecule has 1 aliphatic heterocycles. The molecule has 0 saturated heterocycles. The van der Waals surface area contributed by atoms with E-state index in [9.17, 15) is 26.4 Å². The van der Waals surface area contributed by atoms with Crippen molar-refractivity contribution in [3.05, 3.63) is 35.5 Å². The predicted molar refractivity (Wildman–Crippen MR) is 114 cm³/mol. The van der Waals surface area contributed by atoms with Crippen LogP contribution < -0.4 is 20.7 Å². The number of rotatable bonds is 8. The van der Waals surface area contributed by atoms with E-state index < -0.39 is 33.0 Å². The first-order valence-corrected chi connectivity index (χ1v) is 11.4. The summed E-state index contributed by atoms with van der Waals surface area (Å²) in [6.07, 6.45) is -2.79. The van der Waals surface area contributed by atoms with Crippen molar-refractivity contribution < 1.29 is 26.4 Å². The van der Waals surface area contributed by atoms with Crippen LogP contribution in [0, 0.1) is 5.41 Å². The summed E-state index contributed by atoms with van der Waals surface area (Å²) in [6.45, 7) is 3.44. The van der Waals surface area contributed by atoms with Gasteiger partial charge in [-0.25, -0.2) is 18.1 Å². The number of anilines is 4. The number of nitrogens with zero attached hydrogens (tertiary/aromatic N) is 2. The van der Waals surface area contributed by atoms with Crippen molar-refractivity contribution in [3.8, 4) is 0 Å². The van der Waals surface area contributed by atoms with E-state index in [1.165, 1.54) is 0 Å². The van der Waals surface area contributed by atoms with Crippen molar-refractivity contribution in [3.63, 3.8) is 0 Å². The molecule has 1 amide bonds. The molecule has 1 aliphatic rings. The van der Waals surface area contributed by atoms with Gasteiger partial charge in [0.15, 0.2) is 0 Å². The highest BCUT2D eigenvalue weighted by Crippen LogP contribution is 2.35. The maximum atomic E-state index is 13.4. The molecule has 3 rings (SSSR count). The van der Waals surface area contributed by atoms with E-state index in [1.807, 2.05) is 0 Å². The highest BCUT2D eigenvalue weighted by molar-refractivity contribution is 7.88. The van der Waals surface area contributed by atoms with Crippen LogP contribution in [0.4, 0.5) is 36.3 Å². The Morgan fingerprint density at radius 1 is 1.19 bits per heavy atom. The van der Waals surface area contributed by atoms with Gasteiger partial charge >= 0.3 is 6.18 Å². The monoisotopic (exact) mass is 472 g/mol. The lowest BCUT2D eigenvalue weighted by molar-refractivity contribution is -0.137. The molecule has 2 heterocycles. The third-order valence-electron chi connectivity index (χ3n) is 4.63. The zero-order chi connectivity index (χ0) is 23.7. The smallest absolute Gasteiger partial charge is 0.369 e. The van der Waals surface area contributed by atoms with Crippen LogP contribution in [-0.4, -0.2) is 43.6 Å². The number of fused-ring (bicyclic) bond motifs is 1. The molecule has 0 bridgehead atoms. The number of alkyl halides is 3. The maximum absolute atomic E-state index is 13.4. The second-order valence-corrected chi connectivity index (χ2v) is 10.1. The molecule has 1 aromatic carbocycles. The first kappa shape index (κ1) is 23.7. The average molecular weight is 472 g/mol. The Morgan fingerprint density at radius 2 is 1.91 bits per heavy atom. The lowest BCUT2D eigenvalue weighted by Crippen LogP contribution is -2.37. The first-order chi connectivity index (χ1) is 14.7. The van der Waals surface area contributed by atoms with Crippen LogP contribution >= 0.6 is 0 Å². The maximum Gasteiger partial charge on any atom is 0.421 e. The summed E-state index contributed by atoms with van der Waals surface area (Å²) in [5.74, 6) is -0.632. The summed E-state index contributed by atoms with van der Waals surface area (Å²) in [5.41, 5.74) is 0.207. The van der Waals surface area contributed by atoms with Crippen LogP contribution in [0.2, 0.25) is 0 Å². The number of aromatic nitrogens is 2. The van der Waals surface area contributed by atoms with Crippen molar-refractivity contribution in [2.75, 3.05) is 35.3 Å². The van der Waals surface area contributed by atoms with Crippen molar-refractivity contribution in [2.24, 2.45) is 5.41 Å². The number of halogens is 3. The lowest BCUT2D eigenvalue weighted by Gasteiger charge is -2.26. The predicted octanol–water partition coefficient (Wildman–Crippen LogP) is 2.72. The quantitative estimate of drug-likeness (QED) is 0.466. The molecule has 1 aromatic heterocycles. The van der Waals surface area contributed by atoms with Gasteiger partial charge in [0.1, 0.15) is 11.4 Å². The molecule has 174 valence electrons. The van der Waals surface area contributed by atoms with Gasteiger partial charge in [-0.05, 0) is 29.2 Å². The highest BCUT2D eigenvalue weighted by atomic mass is 32.2. The number of amides is 1. The first-order valence-electron chi connectivity index (χ1n) is 9.54. The van der Waals surface area contributed by atoms with E-state index in [1.54, 1.807) is 32.0 Å². The van der Waals surface area contributed by atoms with Gasteiger partial charge in [0.05, 0.1) is 12.7 Å². The van der Waals surface area contributed by atoms with Gasteiger partial charge in [0, 0.05) is 30.7 Å². The van der Waals surface area contributed by atoms with Crippen LogP contribution in [0.25, 0.3) is 0 Å². The summed E-state index contributed by atoms with van der Waals surface area (Å²) in [5, 5.41) is 8.22. The third kappa shape index (κ3) is 6.29. The molecule has 0 aliphatic carbocycles. The summed E-state index contributed by atoms with van der Waals surface area (Å²) >= 11 is 0. The molecular formula is C19H23F3N6O3S. The Morgan fingerprint density at radius 3 is 2.56 bits per heavy atom. The Kier molecular flexibility index (Phi) is 6.33. The molecule has 0 fully saturated rings. The molecule has 4 N–H and O–H groups in total. The molecule has 13 heteroatoms. The highest BCUT2D eigenvalue weighted by Gasteiger charge is 2.36. The van der Waals surface area contributed by atoms with Gasteiger partial charge in [0.25, 0.3) is 0 Å². The number of carbonyl (C=O) groups is 1. The second kappa shape index (κ2) is 8.54. The average Bonchev–Trinajstić information content (AvgIpc) is 3.03. The molecule has 9 nitrogen and oxygen atoms in total. The summed E-state index contributed by atoms with van der Waals surface area (Å²) in [7, 11) is -3.44. The van der Waals surface area contributed by atoms with Gasteiger partial charge in [-0.3, -0.25) is 4.79 Å². The van der Waals surface area contributed by atoms with E-state index in [-0.39, 0.29) is 31.4 Å². The van der Waals surface area contributed by atoms with Crippen LogP contribution in [-0.2, 0) is 27.4 Å². The number of carbonyl (C=O) groups excluding carboxylic acids is 1. The Labute approximate surface area is 183 Å². The number of hydrogen-bond donors (Lipinski definition) is 4. The van der Waals surface area contributed by atoms with Gasteiger partial charge in [0.2, 0.25) is 21.9 Å². The topological polar surface area (TPSA) is 125 Å². The number of sulfonamides is 1. The molecule has 0 radical (unpaired) electrons. The van der Waals surface area contributed by atoms with Crippen molar-refractivity contribution >= 4 is 39.1 Å². The van der Waals surface area contributed by atoms with Crippen LogP contribution in [0.5, 0.6) is 0 Å². The summed E-state index contributed by atoms with van der Waals surface area (Å²) < 4.78 is 65.3. The fourth-order valence-electron chi connectivity index (χ4n) is 2.93. The zero-order valence-corrected chi connectivity index (χ0v) is 18.4. The Bertz CT molecular complexity index is 1140. The normalized spacial score (nSPS) is 14.1. The van der Waals surface area contributed by atoms with Crippen LogP contribution in [0.15, 0.2) is 24.4 Å².